The molecule has 0 spiro atoms. The summed E-state index contributed by atoms with van der Waals surface area (Å²) < 4.78 is 1.72. The van der Waals surface area contributed by atoms with Gasteiger partial charge in [0.1, 0.15) is 0 Å². The fourth-order valence-corrected chi connectivity index (χ4v) is 3.05. The first kappa shape index (κ1) is 15.8. The highest BCUT2D eigenvalue weighted by molar-refractivity contribution is 6.05. The van der Waals surface area contributed by atoms with E-state index in [0.29, 0.717) is 30.9 Å². The van der Waals surface area contributed by atoms with E-state index in [0.717, 1.165) is 36.0 Å². The van der Waals surface area contributed by atoms with Gasteiger partial charge in [0.25, 0.3) is 5.91 Å². The molecule has 1 N–H and O–H groups in total. The first-order chi connectivity index (χ1) is 12.1. The SMILES string of the molecule is C#CCCC1(CCNC(=O)c2cc(C3CC3)nc3c2cnn3C)N=N1. The second-order valence-corrected chi connectivity index (χ2v) is 6.77. The van der Waals surface area contributed by atoms with Gasteiger partial charge < -0.3 is 5.32 Å². The predicted molar refractivity (Wildman–Crippen MR) is 93.1 cm³/mol. The van der Waals surface area contributed by atoms with E-state index in [4.69, 9.17) is 6.42 Å². The van der Waals surface area contributed by atoms with Crippen molar-refractivity contribution >= 4 is 16.9 Å². The van der Waals surface area contributed by atoms with Gasteiger partial charge in [-0.05, 0) is 18.9 Å². The molecule has 2 aromatic heterocycles. The van der Waals surface area contributed by atoms with Gasteiger partial charge >= 0.3 is 0 Å². The van der Waals surface area contributed by atoms with Gasteiger partial charge in [0.2, 0.25) is 0 Å². The van der Waals surface area contributed by atoms with Crippen molar-refractivity contribution in [2.75, 3.05) is 6.54 Å². The molecule has 0 bridgehead atoms. The summed E-state index contributed by atoms with van der Waals surface area (Å²) in [5.41, 5.74) is 2.01. The summed E-state index contributed by atoms with van der Waals surface area (Å²) in [5, 5.41) is 16.2. The zero-order chi connectivity index (χ0) is 17.4. The molecule has 7 heteroatoms. The average Bonchev–Trinajstić information content (AvgIpc) is 3.53. The predicted octanol–water partition coefficient (Wildman–Crippen LogP) is 2.54. The van der Waals surface area contributed by atoms with Crippen molar-refractivity contribution in [1.82, 2.24) is 20.1 Å². The molecule has 1 aliphatic carbocycles. The Morgan fingerprint density at radius 1 is 1.44 bits per heavy atom. The Morgan fingerprint density at radius 2 is 2.24 bits per heavy atom. The normalized spacial score (nSPS) is 17.4. The molecule has 1 saturated carbocycles. The van der Waals surface area contributed by atoms with E-state index in [9.17, 15) is 4.79 Å². The molecular weight excluding hydrogens is 316 g/mol. The van der Waals surface area contributed by atoms with Crippen molar-refractivity contribution < 1.29 is 4.79 Å². The lowest BCUT2D eigenvalue weighted by atomic mass is 10.0. The zero-order valence-electron chi connectivity index (χ0n) is 14.2. The number of carbonyl (C=O) groups is 1. The number of aromatic nitrogens is 3. The van der Waals surface area contributed by atoms with Crippen LogP contribution in [0, 0.1) is 12.3 Å². The van der Waals surface area contributed by atoms with Gasteiger partial charge in [0, 0.05) is 44.5 Å². The molecule has 0 unspecified atom stereocenters. The minimum Gasteiger partial charge on any atom is -0.352 e. The standard InChI is InChI=1S/C18H20N6O/c1-3-4-7-18(22-23-18)8-9-19-17(25)13-10-15(12-5-6-12)21-16-14(13)11-20-24(16)2/h1,10-12H,4-9H2,2H3,(H,19,25). The molecule has 0 atom stereocenters. The van der Waals surface area contributed by atoms with Crippen LogP contribution in [-0.4, -0.2) is 32.9 Å². The molecule has 7 nitrogen and oxygen atoms in total. The Hall–Kier alpha value is -2.75. The molecule has 3 heterocycles. The van der Waals surface area contributed by atoms with Crippen molar-refractivity contribution in [3.05, 3.63) is 23.5 Å². The number of hydrogen-bond donors (Lipinski definition) is 1. The number of terminal acetylenes is 1. The molecule has 1 fully saturated rings. The molecule has 0 radical (unpaired) electrons. The fraction of sp³-hybridized carbons (Fsp3) is 0.500. The average molecular weight is 336 g/mol. The topological polar surface area (TPSA) is 84.5 Å². The summed E-state index contributed by atoms with van der Waals surface area (Å²) >= 11 is 0. The van der Waals surface area contributed by atoms with E-state index in [1.165, 1.54) is 0 Å². The summed E-state index contributed by atoms with van der Waals surface area (Å²) in [5.74, 6) is 2.98. The Bertz CT molecular complexity index is 896. The van der Waals surface area contributed by atoms with Gasteiger partial charge in [0.05, 0.1) is 17.1 Å². The number of pyridine rings is 1. The smallest absolute Gasteiger partial charge is 0.252 e. The largest absolute Gasteiger partial charge is 0.352 e. The maximum absolute atomic E-state index is 12.7. The van der Waals surface area contributed by atoms with E-state index in [-0.39, 0.29) is 11.6 Å². The molecule has 2 aromatic rings. The van der Waals surface area contributed by atoms with Gasteiger partial charge in [0.15, 0.2) is 11.3 Å². The Balaban J connectivity index is 1.47. The molecule has 2 aliphatic rings. The summed E-state index contributed by atoms with van der Waals surface area (Å²) in [6.45, 7) is 0.513. The van der Waals surface area contributed by atoms with Gasteiger partial charge in [-0.15, -0.1) is 12.3 Å². The number of aryl methyl sites for hydroxylation is 1. The highest BCUT2D eigenvalue weighted by atomic mass is 16.1. The van der Waals surface area contributed by atoms with Crippen LogP contribution < -0.4 is 5.32 Å². The van der Waals surface area contributed by atoms with Crippen LogP contribution in [0.15, 0.2) is 22.5 Å². The van der Waals surface area contributed by atoms with Crippen LogP contribution in [0.5, 0.6) is 0 Å². The highest BCUT2D eigenvalue weighted by Gasteiger charge is 2.38. The van der Waals surface area contributed by atoms with Crippen LogP contribution >= 0.6 is 0 Å². The third-order valence-electron chi connectivity index (χ3n) is 4.83. The van der Waals surface area contributed by atoms with Crippen LogP contribution in [0.4, 0.5) is 0 Å². The first-order valence-corrected chi connectivity index (χ1v) is 8.60. The van der Waals surface area contributed by atoms with Gasteiger partial charge in [-0.1, -0.05) is 0 Å². The van der Waals surface area contributed by atoms with Crippen molar-refractivity contribution in [1.29, 1.82) is 0 Å². The van der Waals surface area contributed by atoms with E-state index in [2.05, 4.69) is 31.5 Å². The van der Waals surface area contributed by atoms with Crippen molar-refractivity contribution in [2.45, 2.75) is 43.7 Å². The molecule has 25 heavy (non-hydrogen) atoms. The third-order valence-corrected chi connectivity index (χ3v) is 4.83. The number of nitrogens with zero attached hydrogens (tertiary/aromatic N) is 5. The molecule has 1 aliphatic heterocycles. The summed E-state index contributed by atoms with van der Waals surface area (Å²) in [6, 6.07) is 1.91. The van der Waals surface area contributed by atoms with Crippen LogP contribution in [0.1, 0.15) is 54.1 Å². The lowest BCUT2D eigenvalue weighted by Gasteiger charge is -2.11. The summed E-state index contributed by atoms with van der Waals surface area (Å²) in [4.78, 5) is 17.4. The monoisotopic (exact) mass is 336 g/mol. The molecule has 4 rings (SSSR count). The van der Waals surface area contributed by atoms with Crippen molar-refractivity contribution in [3.63, 3.8) is 0 Å². The Morgan fingerprint density at radius 3 is 2.92 bits per heavy atom. The maximum Gasteiger partial charge on any atom is 0.252 e. The van der Waals surface area contributed by atoms with Crippen molar-refractivity contribution in [3.8, 4) is 12.3 Å². The third kappa shape index (κ3) is 3.12. The molecule has 0 saturated heterocycles. The maximum atomic E-state index is 12.7. The zero-order valence-corrected chi connectivity index (χ0v) is 14.2. The van der Waals surface area contributed by atoms with Crippen LogP contribution in [0.2, 0.25) is 0 Å². The fourth-order valence-electron chi connectivity index (χ4n) is 3.05. The van der Waals surface area contributed by atoms with Gasteiger partial charge in [-0.3, -0.25) is 9.48 Å². The molecule has 128 valence electrons. The van der Waals surface area contributed by atoms with Crippen LogP contribution in [0.25, 0.3) is 11.0 Å². The number of carbonyl (C=O) groups excluding carboxylic acids is 1. The number of rotatable bonds is 7. The lowest BCUT2D eigenvalue weighted by molar-refractivity contribution is 0.0953. The minimum atomic E-state index is -0.374. The first-order valence-electron chi connectivity index (χ1n) is 8.60. The second-order valence-electron chi connectivity index (χ2n) is 6.77. The van der Waals surface area contributed by atoms with E-state index < -0.39 is 0 Å². The van der Waals surface area contributed by atoms with E-state index in [1.54, 1.807) is 10.9 Å². The highest BCUT2D eigenvalue weighted by Crippen LogP contribution is 2.40. The Kier molecular flexibility index (Phi) is 3.75. The van der Waals surface area contributed by atoms with Gasteiger partial charge in [-0.2, -0.15) is 15.3 Å². The van der Waals surface area contributed by atoms with Crippen LogP contribution in [-0.2, 0) is 7.05 Å². The summed E-state index contributed by atoms with van der Waals surface area (Å²) in [7, 11) is 1.85. The van der Waals surface area contributed by atoms with Crippen molar-refractivity contribution in [2.24, 2.45) is 17.3 Å². The second kappa shape index (κ2) is 5.96. The lowest BCUT2D eigenvalue weighted by Crippen LogP contribution is -2.28. The van der Waals surface area contributed by atoms with Gasteiger partial charge in [-0.25, -0.2) is 4.98 Å². The van der Waals surface area contributed by atoms with E-state index >= 15 is 0 Å². The molecular formula is C18H20N6O. The number of amides is 1. The molecule has 0 aromatic carbocycles. The molecule has 1 amide bonds. The number of hydrogen-bond acceptors (Lipinski definition) is 5. The Labute approximate surface area is 145 Å². The van der Waals surface area contributed by atoms with E-state index in [1.807, 2.05) is 13.1 Å². The number of nitrogens with one attached hydrogen (secondary N) is 1. The minimum absolute atomic E-state index is 0.102. The quantitative estimate of drug-likeness (QED) is 0.789. The number of fused-ring (bicyclic) bond motifs is 1. The van der Waals surface area contributed by atoms with Crippen LogP contribution in [0.3, 0.4) is 0 Å². The summed E-state index contributed by atoms with van der Waals surface area (Å²) in [6.07, 6.45) is 11.3.